The highest BCUT2D eigenvalue weighted by molar-refractivity contribution is 6.35. The van der Waals surface area contributed by atoms with E-state index in [1.165, 1.54) is 0 Å². The van der Waals surface area contributed by atoms with Crippen LogP contribution in [-0.2, 0) is 22.6 Å². The molecule has 0 fully saturated rings. The van der Waals surface area contributed by atoms with Gasteiger partial charge in [0.2, 0.25) is 11.8 Å². The minimum atomic E-state index is -0.542. The number of aryl methyl sites for hydroxylation is 1. The van der Waals surface area contributed by atoms with Crippen molar-refractivity contribution in [3.63, 3.8) is 0 Å². The topological polar surface area (TPSA) is 49.4 Å². The Morgan fingerprint density at radius 1 is 1.07 bits per heavy atom. The largest absolute Gasteiger partial charge is 0.354 e. The third-order valence-corrected chi connectivity index (χ3v) is 5.76. The van der Waals surface area contributed by atoms with Crippen LogP contribution in [-0.4, -0.2) is 29.3 Å². The maximum atomic E-state index is 13.4. The molecule has 162 valence electrons. The first-order valence-electron chi connectivity index (χ1n) is 10.4. The summed E-state index contributed by atoms with van der Waals surface area (Å²) in [5, 5.41) is 3.95. The van der Waals surface area contributed by atoms with Crippen molar-refractivity contribution in [2.75, 3.05) is 6.54 Å². The number of hydrogen-bond acceptors (Lipinski definition) is 2. The van der Waals surface area contributed by atoms with Crippen LogP contribution >= 0.6 is 23.2 Å². The molecule has 0 heterocycles. The van der Waals surface area contributed by atoms with Crippen LogP contribution in [0.4, 0.5) is 0 Å². The first kappa shape index (κ1) is 24.2. The maximum absolute atomic E-state index is 13.4. The smallest absolute Gasteiger partial charge is 0.242 e. The van der Waals surface area contributed by atoms with Crippen LogP contribution in [0, 0.1) is 6.92 Å². The van der Waals surface area contributed by atoms with Gasteiger partial charge in [-0.05, 0) is 48.6 Å². The van der Waals surface area contributed by atoms with Gasteiger partial charge in [0.25, 0.3) is 0 Å². The van der Waals surface area contributed by atoms with E-state index in [0.717, 1.165) is 24.0 Å². The van der Waals surface area contributed by atoms with Crippen LogP contribution < -0.4 is 5.32 Å². The molecule has 0 unspecified atom stereocenters. The van der Waals surface area contributed by atoms with Crippen LogP contribution in [0.2, 0.25) is 10.0 Å². The summed E-state index contributed by atoms with van der Waals surface area (Å²) in [5.41, 5.74) is 2.80. The summed E-state index contributed by atoms with van der Waals surface area (Å²) in [7, 11) is 0. The van der Waals surface area contributed by atoms with Gasteiger partial charge in [0, 0.05) is 23.1 Å². The van der Waals surface area contributed by atoms with Crippen LogP contribution in [0.25, 0.3) is 0 Å². The molecule has 6 heteroatoms. The molecule has 0 aromatic heterocycles. The Morgan fingerprint density at radius 3 is 2.43 bits per heavy atom. The van der Waals surface area contributed by atoms with Gasteiger partial charge in [-0.2, -0.15) is 0 Å². The SMILES string of the molecule is CCCCNC(=O)[C@H](CC)N(Cc1ccccc1C)C(=O)Cc1ccc(Cl)cc1Cl. The Labute approximate surface area is 189 Å². The third-order valence-electron chi connectivity index (χ3n) is 5.17. The normalized spacial score (nSPS) is 11.8. The van der Waals surface area contributed by atoms with Gasteiger partial charge >= 0.3 is 0 Å². The van der Waals surface area contributed by atoms with E-state index in [1.807, 2.05) is 38.1 Å². The zero-order valence-electron chi connectivity index (χ0n) is 17.9. The standard InChI is InChI=1S/C24H30Cl2N2O2/c1-4-6-13-27-24(30)22(5-2)28(16-19-10-8-7-9-17(19)3)23(29)14-18-11-12-20(25)15-21(18)26/h7-12,15,22H,4-6,13-14,16H2,1-3H3,(H,27,30)/t22-/m0/s1. The number of nitrogens with zero attached hydrogens (tertiary/aromatic N) is 1. The molecular formula is C24H30Cl2N2O2. The lowest BCUT2D eigenvalue weighted by molar-refractivity contribution is -0.140. The average molecular weight is 449 g/mol. The van der Waals surface area contributed by atoms with E-state index in [1.54, 1.807) is 23.1 Å². The second kappa shape index (κ2) is 12.0. The average Bonchev–Trinajstić information content (AvgIpc) is 2.71. The van der Waals surface area contributed by atoms with Gasteiger partial charge in [-0.1, -0.05) is 73.8 Å². The predicted octanol–water partition coefficient (Wildman–Crippen LogP) is 5.57. The molecule has 0 aliphatic rings. The fourth-order valence-corrected chi connectivity index (χ4v) is 3.80. The van der Waals surface area contributed by atoms with Crippen LogP contribution in [0.5, 0.6) is 0 Å². The summed E-state index contributed by atoms with van der Waals surface area (Å²) < 4.78 is 0. The van der Waals surface area contributed by atoms with Crippen molar-refractivity contribution in [2.24, 2.45) is 0 Å². The highest BCUT2D eigenvalue weighted by Crippen LogP contribution is 2.23. The number of unbranched alkanes of at least 4 members (excludes halogenated alkanes) is 1. The van der Waals surface area contributed by atoms with E-state index in [-0.39, 0.29) is 18.2 Å². The van der Waals surface area contributed by atoms with Crippen molar-refractivity contribution in [1.82, 2.24) is 10.2 Å². The van der Waals surface area contributed by atoms with Gasteiger partial charge in [0.15, 0.2) is 0 Å². The molecule has 2 amide bonds. The number of halogens is 2. The minimum absolute atomic E-state index is 0.112. The second-order valence-corrected chi connectivity index (χ2v) is 8.27. The lowest BCUT2D eigenvalue weighted by Gasteiger charge is -2.31. The quantitative estimate of drug-likeness (QED) is 0.483. The third kappa shape index (κ3) is 6.75. The minimum Gasteiger partial charge on any atom is -0.354 e. The van der Waals surface area contributed by atoms with E-state index in [2.05, 4.69) is 12.2 Å². The molecule has 2 rings (SSSR count). The molecule has 0 spiro atoms. The Balaban J connectivity index is 2.29. The molecule has 0 aliphatic carbocycles. The van der Waals surface area contributed by atoms with Gasteiger partial charge in [-0.25, -0.2) is 0 Å². The molecular weight excluding hydrogens is 419 g/mol. The van der Waals surface area contributed by atoms with Crippen molar-refractivity contribution < 1.29 is 9.59 Å². The van der Waals surface area contributed by atoms with E-state index in [0.29, 0.717) is 35.1 Å². The first-order valence-corrected chi connectivity index (χ1v) is 11.2. The molecule has 0 radical (unpaired) electrons. The zero-order valence-corrected chi connectivity index (χ0v) is 19.4. The van der Waals surface area contributed by atoms with Gasteiger partial charge in [0.05, 0.1) is 6.42 Å². The molecule has 0 saturated carbocycles. The fraction of sp³-hybridized carbons (Fsp3) is 0.417. The summed E-state index contributed by atoms with van der Waals surface area (Å²) in [5.74, 6) is -0.255. The molecule has 1 N–H and O–H groups in total. The van der Waals surface area contributed by atoms with E-state index in [4.69, 9.17) is 23.2 Å². The first-order chi connectivity index (χ1) is 14.4. The van der Waals surface area contributed by atoms with E-state index in [9.17, 15) is 9.59 Å². The Kier molecular flexibility index (Phi) is 9.67. The van der Waals surface area contributed by atoms with E-state index >= 15 is 0 Å². The molecule has 2 aromatic rings. The van der Waals surface area contributed by atoms with Gasteiger partial charge in [-0.3, -0.25) is 9.59 Å². The molecule has 0 bridgehead atoms. The van der Waals surface area contributed by atoms with Gasteiger partial charge in [-0.15, -0.1) is 0 Å². The highest BCUT2D eigenvalue weighted by atomic mass is 35.5. The maximum Gasteiger partial charge on any atom is 0.242 e. The number of benzene rings is 2. The van der Waals surface area contributed by atoms with Crippen LogP contribution in [0.3, 0.4) is 0 Å². The van der Waals surface area contributed by atoms with Crippen molar-refractivity contribution in [3.8, 4) is 0 Å². The summed E-state index contributed by atoms with van der Waals surface area (Å²) >= 11 is 12.3. The molecule has 0 aliphatic heterocycles. The summed E-state index contributed by atoms with van der Waals surface area (Å²) in [6, 6.07) is 12.5. The lowest BCUT2D eigenvalue weighted by atomic mass is 10.0. The second-order valence-electron chi connectivity index (χ2n) is 7.43. The monoisotopic (exact) mass is 448 g/mol. The number of hydrogen-bond donors (Lipinski definition) is 1. The van der Waals surface area contributed by atoms with Crippen LogP contribution in [0.15, 0.2) is 42.5 Å². The summed E-state index contributed by atoms with van der Waals surface area (Å²) in [4.78, 5) is 27.9. The number of carbonyl (C=O) groups excluding carboxylic acids is 2. The molecule has 4 nitrogen and oxygen atoms in total. The number of rotatable bonds is 10. The highest BCUT2D eigenvalue weighted by Gasteiger charge is 2.29. The Hall–Kier alpha value is -2.04. The van der Waals surface area contributed by atoms with Gasteiger partial charge < -0.3 is 10.2 Å². The summed E-state index contributed by atoms with van der Waals surface area (Å²) in [6.45, 7) is 7.00. The van der Waals surface area contributed by atoms with Crippen molar-refractivity contribution in [1.29, 1.82) is 0 Å². The Bertz CT molecular complexity index is 870. The number of nitrogens with one attached hydrogen (secondary N) is 1. The molecule has 30 heavy (non-hydrogen) atoms. The Morgan fingerprint density at radius 2 is 1.80 bits per heavy atom. The fourth-order valence-electron chi connectivity index (χ4n) is 3.33. The molecule has 1 atom stereocenters. The predicted molar refractivity (Wildman–Crippen MR) is 124 cm³/mol. The van der Waals surface area contributed by atoms with Crippen molar-refractivity contribution >= 4 is 35.0 Å². The number of amides is 2. The zero-order chi connectivity index (χ0) is 22.1. The van der Waals surface area contributed by atoms with E-state index < -0.39 is 6.04 Å². The van der Waals surface area contributed by atoms with Crippen molar-refractivity contribution in [2.45, 2.75) is 59.0 Å². The van der Waals surface area contributed by atoms with Gasteiger partial charge in [0.1, 0.15) is 6.04 Å². The number of carbonyl (C=O) groups is 2. The van der Waals surface area contributed by atoms with Crippen molar-refractivity contribution in [3.05, 3.63) is 69.2 Å². The van der Waals surface area contributed by atoms with Crippen LogP contribution in [0.1, 0.15) is 49.8 Å². The molecule has 2 aromatic carbocycles. The lowest BCUT2D eigenvalue weighted by Crippen LogP contribution is -2.49. The summed E-state index contributed by atoms with van der Waals surface area (Å²) in [6.07, 6.45) is 2.55. The molecule has 0 saturated heterocycles.